The molecule has 1 rings (SSSR count). The largest absolute Gasteiger partial charge is 0.497 e. The SMILES string of the molecule is COc1cccc(/C(=C\CN(C)C)C(C)C(N(C)C)N(C)C)c1. The fraction of sp³-hybridized carbons (Fsp3) is 0.579. The molecular formula is C19H33N3O. The fourth-order valence-corrected chi connectivity index (χ4v) is 3.17. The van der Waals surface area contributed by atoms with Crippen molar-refractivity contribution < 1.29 is 4.74 Å². The van der Waals surface area contributed by atoms with Crippen molar-refractivity contribution in [2.45, 2.75) is 13.1 Å². The second-order valence-electron chi connectivity index (χ2n) is 6.78. The predicted molar refractivity (Wildman–Crippen MR) is 99.9 cm³/mol. The maximum atomic E-state index is 5.41. The first-order valence-corrected chi connectivity index (χ1v) is 8.10. The summed E-state index contributed by atoms with van der Waals surface area (Å²) in [6.07, 6.45) is 2.66. The maximum Gasteiger partial charge on any atom is 0.119 e. The molecule has 1 unspecified atom stereocenters. The van der Waals surface area contributed by atoms with Crippen LogP contribution in [0.15, 0.2) is 30.3 Å². The molecule has 23 heavy (non-hydrogen) atoms. The second-order valence-corrected chi connectivity index (χ2v) is 6.78. The van der Waals surface area contributed by atoms with E-state index in [1.54, 1.807) is 7.11 Å². The summed E-state index contributed by atoms with van der Waals surface area (Å²) in [4.78, 5) is 6.73. The molecule has 4 heteroatoms. The Balaban J connectivity index is 3.26. The standard InChI is InChI=1S/C19H33N3O/c1-15(19(21(4)5)22(6)7)18(12-13-20(2)3)16-10-9-11-17(14-16)23-8/h9-12,14-15,19H,13H2,1-8H3/b18-12-. The van der Waals surface area contributed by atoms with Crippen LogP contribution in [-0.2, 0) is 0 Å². The normalized spacial score (nSPS) is 14.2. The quantitative estimate of drug-likeness (QED) is 0.686. The van der Waals surface area contributed by atoms with Gasteiger partial charge in [-0.1, -0.05) is 25.1 Å². The number of hydrogen-bond acceptors (Lipinski definition) is 4. The lowest BCUT2D eigenvalue weighted by Crippen LogP contribution is -2.45. The number of benzene rings is 1. The van der Waals surface area contributed by atoms with Gasteiger partial charge in [0.05, 0.1) is 13.3 Å². The van der Waals surface area contributed by atoms with Gasteiger partial charge in [-0.15, -0.1) is 0 Å². The van der Waals surface area contributed by atoms with Crippen molar-refractivity contribution in [3.05, 3.63) is 35.9 Å². The van der Waals surface area contributed by atoms with E-state index in [4.69, 9.17) is 4.74 Å². The van der Waals surface area contributed by atoms with Crippen LogP contribution in [0.25, 0.3) is 5.57 Å². The Kier molecular flexibility index (Phi) is 7.76. The van der Waals surface area contributed by atoms with E-state index >= 15 is 0 Å². The summed E-state index contributed by atoms with van der Waals surface area (Å²) in [5.74, 6) is 1.27. The molecule has 0 heterocycles. The smallest absolute Gasteiger partial charge is 0.119 e. The van der Waals surface area contributed by atoms with Crippen molar-refractivity contribution in [3.63, 3.8) is 0 Å². The van der Waals surface area contributed by atoms with Crippen molar-refractivity contribution in [2.75, 3.05) is 55.9 Å². The molecule has 130 valence electrons. The minimum absolute atomic E-state index is 0.328. The van der Waals surface area contributed by atoms with Crippen LogP contribution in [0, 0.1) is 5.92 Å². The Morgan fingerprint density at radius 3 is 2.17 bits per heavy atom. The molecule has 0 fully saturated rings. The average Bonchev–Trinajstić information content (AvgIpc) is 2.46. The molecule has 0 bridgehead atoms. The minimum Gasteiger partial charge on any atom is -0.497 e. The molecule has 0 saturated carbocycles. The van der Waals surface area contributed by atoms with Gasteiger partial charge in [0.1, 0.15) is 5.75 Å². The zero-order valence-electron chi connectivity index (χ0n) is 16.0. The monoisotopic (exact) mass is 319 g/mol. The number of hydrogen-bond donors (Lipinski definition) is 0. The molecule has 1 aromatic rings. The highest BCUT2D eigenvalue weighted by Crippen LogP contribution is 2.30. The van der Waals surface area contributed by atoms with Crippen molar-refractivity contribution in [2.24, 2.45) is 5.92 Å². The Morgan fingerprint density at radius 1 is 1.09 bits per heavy atom. The third-order valence-electron chi connectivity index (χ3n) is 4.08. The molecule has 1 aromatic carbocycles. The molecule has 0 spiro atoms. The molecule has 0 amide bonds. The molecule has 0 saturated heterocycles. The van der Waals surface area contributed by atoms with Gasteiger partial charge in [-0.25, -0.2) is 0 Å². The summed E-state index contributed by atoms with van der Waals surface area (Å²) >= 11 is 0. The molecule has 0 aliphatic heterocycles. The molecule has 0 aliphatic carbocycles. The van der Waals surface area contributed by atoms with Crippen LogP contribution in [0.3, 0.4) is 0 Å². The van der Waals surface area contributed by atoms with E-state index in [1.165, 1.54) is 11.1 Å². The minimum atomic E-state index is 0.328. The van der Waals surface area contributed by atoms with Gasteiger partial charge in [0.15, 0.2) is 0 Å². The van der Waals surface area contributed by atoms with Gasteiger partial charge in [0.2, 0.25) is 0 Å². The van der Waals surface area contributed by atoms with Gasteiger partial charge in [0.25, 0.3) is 0 Å². The summed E-state index contributed by atoms with van der Waals surface area (Å²) in [6, 6.07) is 8.35. The third-order valence-corrected chi connectivity index (χ3v) is 4.08. The third kappa shape index (κ3) is 5.65. The number of ether oxygens (including phenoxy) is 1. The van der Waals surface area contributed by atoms with Gasteiger partial charge < -0.3 is 9.64 Å². The van der Waals surface area contributed by atoms with Gasteiger partial charge in [0, 0.05) is 12.5 Å². The highest BCUT2D eigenvalue weighted by Gasteiger charge is 2.25. The summed E-state index contributed by atoms with van der Waals surface area (Å²) < 4.78 is 5.41. The van der Waals surface area contributed by atoms with Crippen LogP contribution < -0.4 is 4.74 Å². The Bertz CT molecular complexity index is 501. The predicted octanol–water partition coefficient (Wildman–Crippen LogP) is 2.73. The van der Waals surface area contributed by atoms with Crippen LogP contribution in [0.1, 0.15) is 12.5 Å². The summed E-state index contributed by atoms with van der Waals surface area (Å²) in [5.41, 5.74) is 2.58. The van der Waals surface area contributed by atoms with Crippen molar-refractivity contribution in [1.29, 1.82) is 0 Å². The van der Waals surface area contributed by atoms with Gasteiger partial charge in [-0.3, -0.25) is 9.80 Å². The molecule has 4 nitrogen and oxygen atoms in total. The molecule has 0 aliphatic rings. The number of nitrogens with zero attached hydrogens (tertiary/aromatic N) is 3. The highest BCUT2D eigenvalue weighted by molar-refractivity contribution is 5.69. The molecule has 0 N–H and O–H groups in total. The Labute approximate surface area is 142 Å². The zero-order valence-corrected chi connectivity index (χ0v) is 16.0. The average molecular weight is 319 g/mol. The van der Waals surface area contributed by atoms with Gasteiger partial charge >= 0.3 is 0 Å². The first-order chi connectivity index (χ1) is 10.8. The highest BCUT2D eigenvalue weighted by atomic mass is 16.5. The van der Waals surface area contributed by atoms with Crippen molar-refractivity contribution in [1.82, 2.24) is 14.7 Å². The van der Waals surface area contributed by atoms with E-state index < -0.39 is 0 Å². The number of likely N-dealkylation sites (N-methyl/N-ethyl adjacent to an activating group) is 1. The Hall–Kier alpha value is -1.36. The van der Waals surface area contributed by atoms with Crippen LogP contribution >= 0.6 is 0 Å². The molecule has 0 aromatic heterocycles. The van der Waals surface area contributed by atoms with Crippen LogP contribution in [0.5, 0.6) is 5.75 Å². The summed E-state index contributed by atoms with van der Waals surface area (Å²) in [5, 5.41) is 0. The first-order valence-electron chi connectivity index (χ1n) is 8.10. The zero-order chi connectivity index (χ0) is 17.6. The lowest BCUT2D eigenvalue weighted by molar-refractivity contribution is 0.0995. The number of methoxy groups -OCH3 is 1. The van der Waals surface area contributed by atoms with E-state index in [-0.39, 0.29) is 0 Å². The van der Waals surface area contributed by atoms with E-state index in [1.807, 2.05) is 6.07 Å². The Morgan fingerprint density at radius 2 is 1.70 bits per heavy atom. The molecular weight excluding hydrogens is 286 g/mol. The summed E-state index contributed by atoms with van der Waals surface area (Å²) in [6.45, 7) is 3.22. The van der Waals surface area contributed by atoms with Crippen molar-refractivity contribution in [3.8, 4) is 5.75 Å². The van der Waals surface area contributed by atoms with Crippen LogP contribution in [-0.4, -0.2) is 76.8 Å². The summed E-state index contributed by atoms with van der Waals surface area (Å²) in [7, 11) is 14.5. The number of rotatable bonds is 8. The van der Waals surface area contributed by atoms with E-state index in [0.29, 0.717) is 12.1 Å². The first kappa shape index (κ1) is 19.7. The van der Waals surface area contributed by atoms with E-state index in [9.17, 15) is 0 Å². The maximum absolute atomic E-state index is 5.41. The topological polar surface area (TPSA) is 19.0 Å². The van der Waals surface area contributed by atoms with Crippen LogP contribution in [0.4, 0.5) is 0 Å². The van der Waals surface area contributed by atoms with Gasteiger partial charge in [-0.05, 0) is 65.6 Å². The lowest BCUT2D eigenvalue weighted by atomic mass is 9.90. The van der Waals surface area contributed by atoms with E-state index in [0.717, 1.165) is 12.3 Å². The fourth-order valence-electron chi connectivity index (χ4n) is 3.17. The molecule has 1 atom stereocenters. The molecule has 0 radical (unpaired) electrons. The van der Waals surface area contributed by atoms with Crippen LogP contribution in [0.2, 0.25) is 0 Å². The van der Waals surface area contributed by atoms with Crippen molar-refractivity contribution >= 4 is 5.57 Å². The van der Waals surface area contributed by atoms with E-state index in [2.05, 4.69) is 88.2 Å². The lowest BCUT2D eigenvalue weighted by Gasteiger charge is -2.37. The van der Waals surface area contributed by atoms with Gasteiger partial charge in [-0.2, -0.15) is 0 Å². The second kappa shape index (κ2) is 9.06.